The number of nitrogens with two attached hydrogens (primary N) is 3. The lowest BCUT2D eigenvalue weighted by atomic mass is 10.0. The lowest BCUT2D eigenvalue weighted by molar-refractivity contribution is -0.142. The van der Waals surface area contributed by atoms with Gasteiger partial charge in [0.05, 0.1) is 12.1 Å². The van der Waals surface area contributed by atoms with Crippen molar-refractivity contribution < 1.29 is 29.4 Å². The molecule has 2 heterocycles. The molecule has 0 radical (unpaired) electrons. The zero-order chi connectivity index (χ0) is 34.1. The fraction of sp³-hybridized carbons (Fsp3) is 0.344. The molecule has 0 bridgehead atoms. The first-order chi connectivity index (χ1) is 22.4. The molecule has 0 saturated heterocycles. The Morgan fingerprint density at radius 1 is 0.809 bits per heavy atom. The minimum atomic E-state index is -1.47. The monoisotopic (exact) mass is 647 g/mol. The molecule has 0 aliphatic rings. The molecule has 0 spiro atoms. The van der Waals surface area contributed by atoms with Crippen LogP contribution >= 0.6 is 0 Å². The van der Waals surface area contributed by atoms with E-state index in [2.05, 4.69) is 30.9 Å². The van der Waals surface area contributed by atoms with Crippen molar-refractivity contribution in [2.24, 2.45) is 22.2 Å². The Labute approximate surface area is 270 Å². The number of benzene rings is 2. The Bertz CT molecular complexity index is 1740. The number of carbonyl (C=O) groups is 4. The molecule has 5 unspecified atom stereocenters. The van der Waals surface area contributed by atoms with Crippen LogP contribution in [0.4, 0.5) is 0 Å². The molecule has 250 valence electrons. The van der Waals surface area contributed by atoms with Gasteiger partial charge in [0.25, 0.3) is 0 Å². The van der Waals surface area contributed by atoms with Crippen molar-refractivity contribution in [2.45, 2.75) is 62.9 Å². The van der Waals surface area contributed by atoms with Crippen LogP contribution in [-0.4, -0.2) is 86.6 Å². The van der Waals surface area contributed by atoms with Crippen LogP contribution in [0.25, 0.3) is 21.8 Å². The second-order valence-corrected chi connectivity index (χ2v) is 11.4. The minimum absolute atomic E-state index is 0.0222. The first-order valence-electron chi connectivity index (χ1n) is 15.2. The van der Waals surface area contributed by atoms with Gasteiger partial charge in [0, 0.05) is 47.2 Å². The summed E-state index contributed by atoms with van der Waals surface area (Å²) < 4.78 is 0. The van der Waals surface area contributed by atoms with E-state index in [9.17, 15) is 29.4 Å². The number of nitrogens with zero attached hydrogens (tertiary/aromatic N) is 1. The molecule has 4 aromatic rings. The number of aromatic nitrogens is 2. The van der Waals surface area contributed by atoms with Gasteiger partial charge in [0.2, 0.25) is 17.7 Å². The lowest BCUT2D eigenvalue weighted by Gasteiger charge is -2.26. The van der Waals surface area contributed by atoms with Gasteiger partial charge in [-0.1, -0.05) is 36.4 Å². The number of aliphatic imine (C=N–C) groups is 1. The van der Waals surface area contributed by atoms with Crippen LogP contribution < -0.4 is 33.2 Å². The predicted octanol–water partition coefficient (Wildman–Crippen LogP) is -0.265. The van der Waals surface area contributed by atoms with Crippen LogP contribution in [0.15, 0.2) is 65.9 Å². The molecule has 15 heteroatoms. The Kier molecular flexibility index (Phi) is 11.5. The third-order valence-electron chi connectivity index (χ3n) is 7.81. The Hall–Kier alpha value is -5.41. The largest absolute Gasteiger partial charge is 0.480 e. The molecular weight excluding hydrogens is 606 g/mol. The van der Waals surface area contributed by atoms with Gasteiger partial charge >= 0.3 is 5.97 Å². The van der Waals surface area contributed by atoms with E-state index in [-0.39, 0.29) is 38.2 Å². The molecule has 2 aromatic carbocycles. The van der Waals surface area contributed by atoms with Crippen molar-refractivity contribution in [3.8, 4) is 0 Å². The number of aliphatic carboxylic acids is 1. The highest BCUT2D eigenvalue weighted by atomic mass is 16.4. The third kappa shape index (κ3) is 9.08. The fourth-order valence-corrected chi connectivity index (χ4v) is 5.32. The standard InChI is InChI=1S/C32H41N9O6/c1-17(42)27(41-28(43)22(33)13-18-15-37-23-9-4-2-7-20(18)23)30(45)39-25(11-6-12-36-32(34)35)29(44)40-26(31(46)47)14-19-16-38-24-10-5-3-8-21(19)24/h2-5,7-10,15-17,22,25-27,37-38,42H,6,11-14,33H2,1H3,(H,39,45)(H,40,44)(H,41,43)(H,46,47)(H4,34,35,36). The molecule has 15 nitrogen and oxygen atoms in total. The smallest absolute Gasteiger partial charge is 0.326 e. The van der Waals surface area contributed by atoms with Crippen LogP contribution in [0.2, 0.25) is 0 Å². The van der Waals surface area contributed by atoms with E-state index in [1.807, 2.05) is 48.5 Å². The van der Waals surface area contributed by atoms with Crippen molar-refractivity contribution in [3.05, 3.63) is 72.1 Å². The molecule has 0 aliphatic heterocycles. The van der Waals surface area contributed by atoms with Gasteiger partial charge in [-0.3, -0.25) is 19.4 Å². The number of aliphatic hydroxyl groups excluding tert-OH is 1. The quantitative estimate of drug-likeness (QED) is 0.0435. The van der Waals surface area contributed by atoms with Crippen LogP contribution in [0.5, 0.6) is 0 Å². The highest BCUT2D eigenvalue weighted by molar-refractivity contribution is 5.95. The van der Waals surface area contributed by atoms with E-state index in [1.165, 1.54) is 6.92 Å². The van der Waals surface area contributed by atoms with Crippen molar-refractivity contribution in [1.82, 2.24) is 25.9 Å². The van der Waals surface area contributed by atoms with E-state index in [0.29, 0.717) is 5.56 Å². The van der Waals surface area contributed by atoms with Crippen molar-refractivity contribution in [2.75, 3.05) is 6.54 Å². The van der Waals surface area contributed by atoms with Crippen molar-refractivity contribution in [3.63, 3.8) is 0 Å². The van der Waals surface area contributed by atoms with Gasteiger partial charge in [-0.15, -0.1) is 0 Å². The van der Waals surface area contributed by atoms with Gasteiger partial charge in [0.1, 0.15) is 18.1 Å². The fourth-order valence-electron chi connectivity index (χ4n) is 5.32. The number of carboxylic acids is 1. The molecule has 13 N–H and O–H groups in total. The van der Waals surface area contributed by atoms with E-state index in [4.69, 9.17) is 17.2 Å². The number of carboxylic acid groups (broad SMARTS) is 1. The number of aromatic amines is 2. The zero-order valence-electron chi connectivity index (χ0n) is 25.9. The second kappa shape index (κ2) is 15.7. The number of guanidine groups is 1. The van der Waals surface area contributed by atoms with Crippen LogP contribution in [-0.2, 0) is 32.0 Å². The molecule has 2 aromatic heterocycles. The normalized spacial score (nSPS) is 14.4. The van der Waals surface area contributed by atoms with E-state index in [1.54, 1.807) is 12.4 Å². The number of rotatable bonds is 16. The van der Waals surface area contributed by atoms with Crippen molar-refractivity contribution >= 4 is 51.5 Å². The maximum absolute atomic E-state index is 13.5. The Morgan fingerprint density at radius 2 is 1.36 bits per heavy atom. The number of para-hydroxylation sites is 2. The number of carbonyl (C=O) groups excluding carboxylic acids is 3. The van der Waals surface area contributed by atoms with Gasteiger partial charge in [-0.05, 0) is 49.4 Å². The zero-order valence-corrected chi connectivity index (χ0v) is 25.9. The van der Waals surface area contributed by atoms with Gasteiger partial charge < -0.3 is 53.3 Å². The molecule has 0 saturated carbocycles. The number of fused-ring (bicyclic) bond motifs is 2. The first-order valence-corrected chi connectivity index (χ1v) is 15.2. The van der Waals surface area contributed by atoms with E-state index < -0.39 is 54.0 Å². The summed E-state index contributed by atoms with van der Waals surface area (Å²) in [6.07, 6.45) is 2.48. The third-order valence-corrected chi connectivity index (χ3v) is 7.81. The number of hydrogen-bond acceptors (Lipinski definition) is 7. The summed E-state index contributed by atoms with van der Waals surface area (Å²) >= 11 is 0. The van der Waals surface area contributed by atoms with E-state index >= 15 is 0 Å². The number of amides is 3. The van der Waals surface area contributed by atoms with E-state index in [0.717, 1.165) is 27.4 Å². The van der Waals surface area contributed by atoms with Gasteiger partial charge in [-0.2, -0.15) is 0 Å². The molecular formula is C32H41N9O6. The summed E-state index contributed by atoms with van der Waals surface area (Å²) in [5, 5.41) is 29.7. The minimum Gasteiger partial charge on any atom is -0.480 e. The highest BCUT2D eigenvalue weighted by Crippen LogP contribution is 2.20. The molecule has 47 heavy (non-hydrogen) atoms. The summed E-state index contributed by atoms with van der Waals surface area (Å²) in [4.78, 5) is 62.2. The predicted molar refractivity (Wildman–Crippen MR) is 177 cm³/mol. The van der Waals surface area contributed by atoms with Crippen LogP contribution in [0.3, 0.4) is 0 Å². The molecule has 4 rings (SSSR count). The molecule has 5 atom stereocenters. The second-order valence-electron chi connectivity index (χ2n) is 11.4. The lowest BCUT2D eigenvalue weighted by Crippen LogP contribution is -2.60. The maximum Gasteiger partial charge on any atom is 0.326 e. The van der Waals surface area contributed by atoms with Crippen LogP contribution in [0.1, 0.15) is 30.9 Å². The number of nitrogens with one attached hydrogen (secondary N) is 5. The first kappa shape index (κ1) is 34.5. The van der Waals surface area contributed by atoms with Crippen molar-refractivity contribution in [1.29, 1.82) is 0 Å². The molecule has 0 fully saturated rings. The Morgan fingerprint density at radius 3 is 1.91 bits per heavy atom. The maximum atomic E-state index is 13.5. The molecule has 0 aliphatic carbocycles. The van der Waals surface area contributed by atoms with Gasteiger partial charge in [-0.25, -0.2) is 4.79 Å². The topological polar surface area (TPSA) is 267 Å². The summed E-state index contributed by atoms with van der Waals surface area (Å²) in [6, 6.07) is 9.78. The molecule has 3 amide bonds. The Balaban J connectivity index is 1.45. The number of H-pyrrole nitrogens is 2. The average molecular weight is 648 g/mol. The summed E-state index contributed by atoms with van der Waals surface area (Å²) in [5.74, 6) is -3.75. The number of hydrogen-bond donors (Lipinski definition) is 10. The highest BCUT2D eigenvalue weighted by Gasteiger charge is 2.32. The summed E-state index contributed by atoms with van der Waals surface area (Å²) in [6.45, 7) is 1.45. The van der Waals surface area contributed by atoms with Gasteiger partial charge in [0.15, 0.2) is 5.96 Å². The summed E-state index contributed by atoms with van der Waals surface area (Å²) in [5.41, 5.74) is 20.2. The SMILES string of the molecule is CC(O)C(NC(=O)C(N)Cc1c[nH]c2ccccc12)C(=O)NC(CCCN=C(N)N)C(=O)NC(Cc1c[nH]c2ccccc12)C(=O)O. The average Bonchev–Trinajstić information content (AvgIpc) is 3.64. The van der Waals surface area contributed by atoms with Crippen LogP contribution in [0, 0.1) is 0 Å². The number of aliphatic hydroxyl groups is 1. The summed E-state index contributed by atoms with van der Waals surface area (Å²) in [7, 11) is 0.